The maximum absolute atomic E-state index is 12.6. The van der Waals surface area contributed by atoms with Gasteiger partial charge in [-0.25, -0.2) is 0 Å². The third-order valence-electron chi connectivity index (χ3n) is 4.50. The lowest BCUT2D eigenvalue weighted by Crippen LogP contribution is -2.24. The van der Waals surface area contributed by atoms with Crippen molar-refractivity contribution >= 4 is 17.5 Å². The molecule has 0 spiro atoms. The fourth-order valence-electron chi connectivity index (χ4n) is 2.78. The average Bonchev–Trinajstić information content (AvgIpc) is 3.03. The van der Waals surface area contributed by atoms with Gasteiger partial charge in [-0.1, -0.05) is 17.3 Å². The number of amides is 2. The second-order valence-electron chi connectivity index (χ2n) is 6.79. The van der Waals surface area contributed by atoms with Crippen LogP contribution in [-0.4, -0.2) is 24.1 Å². The summed E-state index contributed by atoms with van der Waals surface area (Å²) in [7, 11) is 0. The number of hydrogen-bond acceptors (Lipinski definition) is 5. The molecule has 3 rings (SSSR count). The number of halogens is 3. The maximum Gasteiger partial charge on any atom is 0.416 e. The van der Waals surface area contributed by atoms with Crippen molar-refractivity contribution in [3.8, 4) is 5.75 Å². The van der Waals surface area contributed by atoms with Crippen molar-refractivity contribution < 1.29 is 32.3 Å². The molecule has 1 heterocycles. The van der Waals surface area contributed by atoms with Crippen molar-refractivity contribution in [2.24, 2.45) is 11.1 Å². The van der Waals surface area contributed by atoms with Gasteiger partial charge in [-0.2, -0.15) is 13.2 Å². The molecule has 1 N–H and O–H groups in total. The molecule has 0 aliphatic carbocycles. The number of nitrogens with one attached hydrogen (secondary N) is 1. The molecule has 1 unspecified atom stereocenters. The number of rotatable bonds is 7. The summed E-state index contributed by atoms with van der Waals surface area (Å²) in [5.41, 5.74) is 1.20. The number of ether oxygens (including phenoxy) is 1. The number of benzene rings is 2. The van der Waals surface area contributed by atoms with Crippen LogP contribution in [0.3, 0.4) is 0 Å². The summed E-state index contributed by atoms with van der Waals surface area (Å²) >= 11 is 0. The average molecular weight is 420 g/mol. The van der Waals surface area contributed by atoms with Crippen LogP contribution >= 0.6 is 0 Å². The number of carbonyl (C=O) groups is 2. The first-order valence-corrected chi connectivity index (χ1v) is 9.12. The van der Waals surface area contributed by atoms with Crippen LogP contribution in [0.2, 0.25) is 0 Å². The molecule has 2 aromatic rings. The number of carbonyl (C=O) groups excluding carboxylic acids is 2. The van der Waals surface area contributed by atoms with E-state index < -0.39 is 17.7 Å². The molecule has 1 aliphatic rings. The van der Waals surface area contributed by atoms with Crippen LogP contribution in [0, 0.1) is 5.92 Å². The van der Waals surface area contributed by atoms with Gasteiger partial charge in [0.1, 0.15) is 19.0 Å². The van der Waals surface area contributed by atoms with Gasteiger partial charge in [0.15, 0.2) is 0 Å². The molecule has 1 fully saturated rings. The Labute approximate surface area is 170 Å². The van der Waals surface area contributed by atoms with Crippen molar-refractivity contribution in [2.75, 3.05) is 6.61 Å². The highest BCUT2D eigenvalue weighted by Crippen LogP contribution is 2.29. The monoisotopic (exact) mass is 420 g/mol. The van der Waals surface area contributed by atoms with Gasteiger partial charge in [0, 0.05) is 6.42 Å². The Hall–Kier alpha value is -3.36. The first-order chi connectivity index (χ1) is 14.2. The Morgan fingerprint density at radius 3 is 2.33 bits per heavy atom. The first-order valence-electron chi connectivity index (χ1n) is 9.12. The third-order valence-corrected chi connectivity index (χ3v) is 4.50. The van der Waals surface area contributed by atoms with Crippen LogP contribution in [0.15, 0.2) is 53.7 Å². The molecule has 1 atom stereocenters. The Kier molecular flexibility index (Phi) is 6.39. The molecule has 1 saturated heterocycles. The van der Waals surface area contributed by atoms with Gasteiger partial charge in [0.25, 0.3) is 0 Å². The zero-order chi connectivity index (χ0) is 21.7. The summed E-state index contributed by atoms with van der Waals surface area (Å²) in [6.07, 6.45) is -4.25. The second kappa shape index (κ2) is 8.98. The number of alkyl halides is 3. The summed E-state index contributed by atoms with van der Waals surface area (Å²) in [5, 5.41) is 6.21. The van der Waals surface area contributed by atoms with Crippen molar-refractivity contribution in [3.05, 3.63) is 65.2 Å². The Balaban J connectivity index is 1.50. The summed E-state index contributed by atoms with van der Waals surface area (Å²) in [6.45, 7) is 1.89. The van der Waals surface area contributed by atoms with Gasteiger partial charge in [0.05, 0.1) is 17.2 Å². The Morgan fingerprint density at radius 1 is 1.10 bits per heavy atom. The molecule has 0 saturated carbocycles. The minimum Gasteiger partial charge on any atom is -0.493 e. The van der Waals surface area contributed by atoms with Crippen molar-refractivity contribution in [1.29, 1.82) is 0 Å². The minimum atomic E-state index is -4.37. The molecule has 0 aromatic heterocycles. The van der Waals surface area contributed by atoms with Crippen LogP contribution in [0.1, 0.15) is 30.0 Å². The van der Waals surface area contributed by atoms with Crippen molar-refractivity contribution in [1.82, 2.24) is 5.32 Å². The van der Waals surface area contributed by atoms with E-state index in [9.17, 15) is 22.8 Å². The topological polar surface area (TPSA) is 77.0 Å². The first kappa shape index (κ1) is 21.4. The highest BCUT2D eigenvalue weighted by atomic mass is 19.4. The van der Waals surface area contributed by atoms with Gasteiger partial charge in [-0.3, -0.25) is 14.9 Å². The number of hydrogen-bond donors (Lipinski definition) is 1. The quantitative estimate of drug-likeness (QED) is 0.421. The van der Waals surface area contributed by atoms with E-state index >= 15 is 0 Å². The Bertz CT molecular complexity index is 938. The zero-order valence-electron chi connectivity index (χ0n) is 16.0. The summed E-state index contributed by atoms with van der Waals surface area (Å²) < 4.78 is 43.2. The van der Waals surface area contributed by atoms with Crippen LogP contribution in [0.25, 0.3) is 0 Å². The SMILES string of the molecule is C/C(=N\OCc1ccc(C(F)(F)F)cc1)c1ccc(OCC2CC(=O)NC2=O)cc1. The smallest absolute Gasteiger partial charge is 0.416 e. The van der Waals surface area contributed by atoms with E-state index in [4.69, 9.17) is 9.57 Å². The van der Waals surface area contributed by atoms with E-state index in [1.54, 1.807) is 31.2 Å². The normalized spacial score (nSPS) is 17.1. The van der Waals surface area contributed by atoms with Crippen LogP contribution in [0.5, 0.6) is 5.75 Å². The highest BCUT2D eigenvalue weighted by Gasteiger charge is 2.31. The number of nitrogens with zero attached hydrogens (tertiary/aromatic N) is 1. The van der Waals surface area contributed by atoms with E-state index in [0.29, 0.717) is 17.0 Å². The third kappa shape index (κ3) is 5.59. The van der Waals surface area contributed by atoms with Gasteiger partial charge in [0.2, 0.25) is 11.8 Å². The molecule has 0 bridgehead atoms. The molecule has 0 radical (unpaired) electrons. The molecule has 30 heavy (non-hydrogen) atoms. The van der Waals surface area contributed by atoms with Crippen molar-refractivity contribution in [2.45, 2.75) is 26.1 Å². The largest absolute Gasteiger partial charge is 0.493 e. The number of imide groups is 1. The summed E-state index contributed by atoms with van der Waals surface area (Å²) in [6, 6.07) is 11.6. The predicted molar refractivity (Wildman–Crippen MR) is 102 cm³/mol. The summed E-state index contributed by atoms with van der Waals surface area (Å²) in [4.78, 5) is 27.9. The molecular weight excluding hydrogens is 401 g/mol. The molecular formula is C21H19F3N2O4. The lowest BCUT2D eigenvalue weighted by atomic mass is 10.1. The van der Waals surface area contributed by atoms with E-state index in [-0.39, 0.29) is 31.4 Å². The standard InChI is InChI=1S/C21H19F3N2O4/c1-13(26-30-11-14-2-6-17(7-3-14)21(22,23)24)15-4-8-18(9-5-15)29-12-16-10-19(27)25-20(16)28/h2-9,16H,10-12H2,1H3,(H,25,27,28)/b26-13+. The molecule has 9 heteroatoms. The fraction of sp³-hybridized carbons (Fsp3) is 0.286. The fourth-order valence-corrected chi connectivity index (χ4v) is 2.78. The lowest BCUT2D eigenvalue weighted by Gasteiger charge is -2.10. The van der Waals surface area contributed by atoms with E-state index in [1.165, 1.54) is 12.1 Å². The lowest BCUT2D eigenvalue weighted by molar-refractivity contribution is -0.137. The van der Waals surface area contributed by atoms with Gasteiger partial charge in [-0.15, -0.1) is 0 Å². The van der Waals surface area contributed by atoms with E-state index in [0.717, 1.165) is 17.7 Å². The maximum atomic E-state index is 12.6. The predicted octanol–water partition coefficient (Wildman–Crippen LogP) is 3.69. The second-order valence-corrected chi connectivity index (χ2v) is 6.79. The minimum absolute atomic E-state index is 0.0405. The van der Waals surface area contributed by atoms with Crippen LogP contribution < -0.4 is 10.1 Å². The zero-order valence-corrected chi connectivity index (χ0v) is 16.0. The molecule has 1 aliphatic heterocycles. The summed E-state index contributed by atoms with van der Waals surface area (Å²) in [5.74, 6) is -0.569. The molecule has 6 nitrogen and oxygen atoms in total. The van der Waals surface area contributed by atoms with Crippen LogP contribution in [0.4, 0.5) is 13.2 Å². The number of oxime groups is 1. The highest BCUT2D eigenvalue weighted by molar-refractivity contribution is 6.03. The van der Waals surface area contributed by atoms with Gasteiger partial charge >= 0.3 is 6.18 Å². The van der Waals surface area contributed by atoms with Gasteiger partial charge < -0.3 is 9.57 Å². The Morgan fingerprint density at radius 2 is 1.77 bits per heavy atom. The van der Waals surface area contributed by atoms with E-state index in [2.05, 4.69) is 10.5 Å². The molecule has 158 valence electrons. The van der Waals surface area contributed by atoms with Crippen molar-refractivity contribution in [3.63, 3.8) is 0 Å². The molecule has 2 aromatic carbocycles. The van der Waals surface area contributed by atoms with Crippen LogP contribution in [-0.2, 0) is 27.2 Å². The molecule has 2 amide bonds. The van der Waals surface area contributed by atoms with Gasteiger partial charge in [-0.05, 0) is 54.4 Å². The van der Waals surface area contributed by atoms with E-state index in [1.807, 2.05) is 0 Å².